The van der Waals surface area contributed by atoms with Gasteiger partial charge in [-0.3, -0.25) is 0 Å². The first-order valence-electron chi connectivity index (χ1n) is 18.9. The van der Waals surface area contributed by atoms with Gasteiger partial charge in [0.05, 0.1) is 26.4 Å². The molecule has 42 heavy (non-hydrogen) atoms. The van der Waals surface area contributed by atoms with Gasteiger partial charge >= 0.3 is 0 Å². The first-order chi connectivity index (χ1) is 21.0. The Labute approximate surface area is 262 Å². The molecular weight excluding hydrogens is 524 g/mol. The lowest BCUT2D eigenvalue weighted by Gasteiger charge is -2.09. The van der Waals surface area contributed by atoms with Gasteiger partial charge in [0.25, 0.3) is 0 Å². The van der Waals surface area contributed by atoms with Crippen LogP contribution in [0.2, 0.25) is 0 Å². The zero-order valence-corrected chi connectivity index (χ0v) is 28.2. The minimum Gasteiger partial charge on any atom is -0.381 e. The van der Waals surface area contributed by atoms with Gasteiger partial charge in [0.15, 0.2) is 0 Å². The molecule has 0 radical (unpaired) electrons. The van der Waals surface area contributed by atoms with Gasteiger partial charge in [-0.25, -0.2) is 0 Å². The van der Waals surface area contributed by atoms with E-state index in [2.05, 4.69) is 0 Å². The van der Waals surface area contributed by atoms with Crippen LogP contribution in [0.5, 0.6) is 0 Å². The predicted molar refractivity (Wildman–Crippen MR) is 179 cm³/mol. The van der Waals surface area contributed by atoms with E-state index in [0.717, 1.165) is 66.1 Å². The molecule has 4 saturated heterocycles. The van der Waals surface area contributed by atoms with Crippen molar-refractivity contribution >= 4 is 0 Å². The largest absolute Gasteiger partial charge is 0.381 e. The van der Waals surface area contributed by atoms with E-state index in [1.807, 2.05) is 0 Å². The summed E-state index contributed by atoms with van der Waals surface area (Å²) in [6.45, 7) is 9.11. The molecule has 4 heterocycles. The Bertz CT molecular complexity index is 308. The highest BCUT2D eigenvalue weighted by atomic mass is 16.6. The molecular formula is C37H74O5. The third-order valence-corrected chi connectivity index (χ3v) is 8.48. The predicted octanol–water partition coefficient (Wildman–Crippen LogP) is 10.6. The smallest absolute Gasteiger partial charge is 0.0701 e. The normalized spacial score (nSPS) is 24.0. The van der Waals surface area contributed by atoms with E-state index in [1.54, 1.807) is 0 Å². The summed E-state index contributed by atoms with van der Waals surface area (Å²) in [5.74, 6) is 0. The van der Waals surface area contributed by atoms with Crippen molar-refractivity contribution in [1.29, 1.82) is 0 Å². The minimum atomic E-state index is 0.778. The number of ether oxygens (including phenoxy) is 5. The van der Waals surface area contributed by atoms with Gasteiger partial charge in [0.1, 0.15) is 0 Å². The van der Waals surface area contributed by atoms with Gasteiger partial charge in [-0.15, -0.1) is 0 Å². The number of hydrogen-bond acceptors (Lipinski definition) is 5. The van der Waals surface area contributed by atoms with Crippen molar-refractivity contribution in [1.82, 2.24) is 0 Å². The summed E-state index contributed by atoms with van der Waals surface area (Å²) in [5, 5.41) is 0. The monoisotopic (exact) mass is 599 g/mol. The molecule has 5 heteroatoms. The molecule has 4 aliphatic heterocycles. The Morgan fingerprint density at radius 2 is 0.238 bits per heavy atom. The molecule has 4 saturated carbocycles. The summed E-state index contributed by atoms with van der Waals surface area (Å²) >= 11 is 0. The van der Waals surface area contributed by atoms with Crippen molar-refractivity contribution in [2.45, 2.75) is 173 Å². The fourth-order valence-corrected chi connectivity index (χ4v) is 4.77. The van der Waals surface area contributed by atoms with Crippen LogP contribution in [0.1, 0.15) is 173 Å². The van der Waals surface area contributed by atoms with Crippen LogP contribution in [-0.4, -0.2) is 66.1 Å². The van der Waals surface area contributed by atoms with Gasteiger partial charge in [-0.05, 0) is 51.4 Å². The van der Waals surface area contributed by atoms with Crippen molar-refractivity contribution in [2.75, 3.05) is 66.1 Å². The Kier molecular flexibility index (Phi) is 35.1. The van der Waals surface area contributed by atoms with Crippen LogP contribution < -0.4 is 0 Å². The third-order valence-electron chi connectivity index (χ3n) is 8.48. The van der Waals surface area contributed by atoms with Crippen LogP contribution in [0.25, 0.3) is 0 Å². The van der Waals surface area contributed by atoms with Crippen LogP contribution in [-0.2, 0) is 23.7 Å². The first-order valence-corrected chi connectivity index (χ1v) is 18.9. The van der Waals surface area contributed by atoms with E-state index < -0.39 is 0 Å². The van der Waals surface area contributed by atoms with Gasteiger partial charge in [-0.2, -0.15) is 0 Å². The average Bonchev–Trinajstić information content (AvgIpc) is 3.81. The maximum absolute atomic E-state index is 5.07. The molecule has 5 nitrogen and oxygen atoms in total. The van der Waals surface area contributed by atoms with Gasteiger partial charge < -0.3 is 23.7 Å². The van der Waals surface area contributed by atoms with Crippen LogP contribution in [0.15, 0.2) is 0 Å². The van der Waals surface area contributed by atoms with Crippen LogP contribution in [0.4, 0.5) is 0 Å². The second kappa shape index (κ2) is 37.0. The van der Waals surface area contributed by atoms with E-state index in [-0.39, 0.29) is 0 Å². The molecule has 0 aromatic rings. The SMILES string of the molecule is C1CCC1.C1CCC1.C1CCCC1.C1CCCCC1.C1CCOC1.C1CCOCC1.C1CCOCC1.C1COCCO1. The minimum absolute atomic E-state index is 0.778. The molecule has 8 aliphatic rings. The Hall–Kier alpha value is -0.200. The van der Waals surface area contributed by atoms with E-state index in [0.29, 0.717) is 0 Å². The molecule has 0 spiro atoms. The Balaban J connectivity index is 0.000000241. The van der Waals surface area contributed by atoms with Crippen LogP contribution >= 0.6 is 0 Å². The molecule has 4 aliphatic carbocycles. The molecule has 0 bridgehead atoms. The highest BCUT2D eigenvalue weighted by molar-refractivity contribution is 4.52. The molecule has 0 unspecified atom stereocenters. The highest BCUT2D eigenvalue weighted by Crippen LogP contribution is 2.16. The van der Waals surface area contributed by atoms with Crippen molar-refractivity contribution in [3.8, 4) is 0 Å². The highest BCUT2D eigenvalue weighted by Gasteiger charge is 1.98. The van der Waals surface area contributed by atoms with E-state index in [1.165, 1.54) is 173 Å². The van der Waals surface area contributed by atoms with Crippen LogP contribution in [0, 0.1) is 0 Å². The second-order valence-electron chi connectivity index (χ2n) is 12.6. The second-order valence-corrected chi connectivity index (χ2v) is 12.6. The third kappa shape index (κ3) is 34.3. The summed E-state index contributed by atoms with van der Waals surface area (Å²) in [5.41, 5.74) is 0. The molecule has 0 N–H and O–H groups in total. The van der Waals surface area contributed by atoms with Crippen molar-refractivity contribution < 1.29 is 23.7 Å². The molecule has 8 fully saturated rings. The number of hydrogen-bond donors (Lipinski definition) is 0. The zero-order valence-electron chi connectivity index (χ0n) is 28.2. The lowest BCUT2D eigenvalue weighted by molar-refractivity contribution is -0.0334. The molecule has 8 rings (SSSR count). The Morgan fingerprint density at radius 3 is 0.333 bits per heavy atom. The molecule has 0 aromatic heterocycles. The quantitative estimate of drug-likeness (QED) is 0.277. The topological polar surface area (TPSA) is 46.2 Å². The van der Waals surface area contributed by atoms with Crippen molar-refractivity contribution in [3.05, 3.63) is 0 Å². The van der Waals surface area contributed by atoms with Crippen molar-refractivity contribution in [2.24, 2.45) is 0 Å². The van der Waals surface area contributed by atoms with E-state index >= 15 is 0 Å². The average molecular weight is 599 g/mol. The summed E-state index contributed by atoms with van der Waals surface area (Å²) in [6, 6.07) is 0. The first kappa shape index (κ1) is 39.8. The summed E-state index contributed by atoms with van der Waals surface area (Å²) in [7, 11) is 0. The fraction of sp³-hybridized carbons (Fsp3) is 1.00. The molecule has 0 atom stereocenters. The van der Waals surface area contributed by atoms with E-state index in [9.17, 15) is 0 Å². The summed E-state index contributed by atoms with van der Waals surface area (Å²) in [6.07, 6.45) is 38.9. The maximum Gasteiger partial charge on any atom is 0.0701 e. The fourth-order valence-electron chi connectivity index (χ4n) is 4.77. The molecule has 0 aromatic carbocycles. The zero-order chi connectivity index (χ0) is 29.7. The number of rotatable bonds is 0. The van der Waals surface area contributed by atoms with E-state index in [4.69, 9.17) is 23.7 Å². The van der Waals surface area contributed by atoms with Crippen LogP contribution in [0.3, 0.4) is 0 Å². The lowest BCUT2D eigenvalue weighted by atomic mass is 10.0. The lowest BCUT2D eigenvalue weighted by Crippen LogP contribution is -2.16. The maximum atomic E-state index is 5.07. The summed E-state index contributed by atoms with van der Waals surface area (Å²) in [4.78, 5) is 0. The van der Waals surface area contributed by atoms with Gasteiger partial charge in [0.2, 0.25) is 0 Å². The van der Waals surface area contributed by atoms with Gasteiger partial charge in [-0.1, -0.05) is 122 Å². The molecule has 0 amide bonds. The summed E-state index contributed by atoms with van der Waals surface area (Å²) < 4.78 is 25.0. The Morgan fingerprint density at radius 1 is 0.119 bits per heavy atom. The standard InChI is InChI=1S/C6H12.2C5H10O.C5H10.C4H8O2.C4H8O.2C4H8/c3*1-2-4-6-5-3-1;1-2-4-5-3-1;1-2-6-4-3-5-1;1-2-4-5-3-1;2*1-2-4-3-1/h1-6H2;2*1-5H2;1-5H2;1-4H2;1-4H2;2*1-4H2. The van der Waals surface area contributed by atoms with Gasteiger partial charge in [0, 0.05) is 39.6 Å². The molecule has 252 valence electrons. The van der Waals surface area contributed by atoms with Crippen molar-refractivity contribution in [3.63, 3.8) is 0 Å².